The Morgan fingerprint density at radius 1 is 1.32 bits per heavy atom. The lowest BCUT2D eigenvalue weighted by Crippen LogP contribution is -2.39. The number of nitrogens with one attached hydrogen (secondary N) is 1. The molecule has 3 rings (SSSR count). The van der Waals surface area contributed by atoms with E-state index in [4.69, 9.17) is 0 Å². The second kappa shape index (κ2) is 5.33. The molecular formula is C16H22N2O. The van der Waals surface area contributed by atoms with Crippen LogP contribution in [0.3, 0.4) is 0 Å². The van der Waals surface area contributed by atoms with Crippen molar-refractivity contribution in [1.29, 1.82) is 0 Å². The third-order valence-electron chi connectivity index (χ3n) is 4.44. The number of amides is 1. The molecule has 3 heteroatoms. The summed E-state index contributed by atoms with van der Waals surface area (Å²) in [6.07, 6.45) is 3.26. The lowest BCUT2D eigenvalue weighted by molar-refractivity contribution is 0.0696. The van der Waals surface area contributed by atoms with Crippen LogP contribution >= 0.6 is 0 Å². The van der Waals surface area contributed by atoms with Crippen LogP contribution in [0.25, 0.3) is 0 Å². The number of benzene rings is 1. The highest BCUT2D eigenvalue weighted by Gasteiger charge is 2.24. The lowest BCUT2D eigenvalue weighted by atomic mass is 9.93. The monoisotopic (exact) mass is 258 g/mol. The van der Waals surface area contributed by atoms with E-state index in [0.29, 0.717) is 0 Å². The van der Waals surface area contributed by atoms with Gasteiger partial charge in [0.1, 0.15) is 0 Å². The third-order valence-corrected chi connectivity index (χ3v) is 4.44. The van der Waals surface area contributed by atoms with Crippen molar-refractivity contribution in [2.24, 2.45) is 5.92 Å². The van der Waals surface area contributed by atoms with Gasteiger partial charge in [0, 0.05) is 25.2 Å². The van der Waals surface area contributed by atoms with Crippen molar-refractivity contribution in [1.82, 2.24) is 10.2 Å². The Balaban J connectivity index is 1.83. The highest BCUT2D eigenvalue weighted by atomic mass is 16.2. The summed E-state index contributed by atoms with van der Waals surface area (Å²) in [4.78, 5) is 14.7. The van der Waals surface area contributed by atoms with E-state index < -0.39 is 0 Å². The average Bonchev–Trinajstić information content (AvgIpc) is 2.47. The molecule has 1 aromatic rings. The molecule has 0 saturated carbocycles. The second-order valence-corrected chi connectivity index (χ2v) is 5.84. The SMILES string of the molecule is CC1CCN(C(=O)c2cccc3c2CCNC3)CC1. The van der Waals surface area contributed by atoms with Crippen LogP contribution in [0.15, 0.2) is 18.2 Å². The summed E-state index contributed by atoms with van der Waals surface area (Å²) in [6, 6.07) is 6.16. The smallest absolute Gasteiger partial charge is 0.254 e. The van der Waals surface area contributed by atoms with E-state index in [0.717, 1.165) is 56.9 Å². The zero-order valence-electron chi connectivity index (χ0n) is 11.6. The van der Waals surface area contributed by atoms with Crippen molar-refractivity contribution in [2.45, 2.75) is 32.7 Å². The van der Waals surface area contributed by atoms with Crippen LogP contribution in [0.4, 0.5) is 0 Å². The van der Waals surface area contributed by atoms with Crippen molar-refractivity contribution in [3.63, 3.8) is 0 Å². The number of carbonyl (C=O) groups is 1. The first kappa shape index (κ1) is 12.7. The van der Waals surface area contributed by atoms with Crippen LogP contribution in [-0.4, -0.2) is 30.4 Å². The summed E-state index contributed by atoms with van der Waals surface area (Å²) < 4.78 is 0. The van der Waals surface area contributed by atoms with Crippen LogP contribution in [0.2, 0.25) is 0 Å². The minimum absolute atomic E-state index is 0.241. The predicted octanol–water partition coefficient (Wildman–Crippen LogP) is 2.20. The molecule has 3 nitrogen and oxygen atoms in total. The molecule has 19 heavy (non-hydrogen) atoms. The number of carbonyl (C=O) groups excluding carboxylic acids is 1. The third kappa shape index (κ3) is 2.52. The highest BCUT2D eigenvalue weighted by molar-refractivity contribution is 5.96. The molecular weight excluding hydrogens is 236 g/mol. The maximum atomic E-state index is 12.7. The molecule has 2 heterocycles. The number of fused-ring (bicyclic) bond motifs is 1. The van der Waals surface area contributed by atoms with Gasteiger partial charge >= 0.3 is 0 Å². The van der Waals surface area contributed by atoms with Gasteiger partial charge < -0.3 is 10.2 Å². The molecule has 0 aliphatic carbocycles. The quantitative estimate of drug-likeness (QED) is 0.837. The molecule has 0 spiro atoms. The Morgan fingerprint density at radius 2 is 2.11 bits per heavy atom. The Bertz CT molecular complexity index is 476. The van der Waals surface area contributed by atoms with Crippen LogP contribution in [-0.2, 0) is 13.0 Å². The first-order valence-corrected chi connectivity index (χ1v) is 7.36. The van der Waals surface area contributed by atoms with E-state index in [1.807, 2.05) is 17.0 Å². The summed E-state index contributed by atoms with van der Waals surface area (Å²) in [5, 5.41) is 3.37. The Morgan fingerprint density at radius 3 is 2.89 bits per heavy atom. The average molecular weight is 258 g/mol. The summed E-state index contributed by atoms with van der Waals surface area (Å²) in [6.45, 7) is 5.99. The molecule has 0 aromatic heterocycles. The summed E-state index contributed by atoms with van der Waals surface area (Å²) in [5.74, 6) is 1.00. The maximum absolute atomic E-state index is 12.7. The fraction of sp³-hybridized carbons (Fsp3) is 0.562. The number of nitrogens with zero attached hydrogens (tertiary/aromatic N) is 1. The molecule has 0 atom stereocenters. The van der Waals surface area contributed by atoms with E-state index in [-0.39, 0.29) is 5.91 Å². The van der Waals surface area contributed by atoms with Crippen molar-refractivity contribution < 1.29 is 4.79 Å². The zero-order valence-corrected chi connectivity index (χ0v) is 11.6. The number of piperidine rings is 1. The van der Waals surface area contributed by atoms with Gasteiger partial charge in [-0.25, -0.2) is 0 Å². The first-order valence-electron chi connectivity index (χ1n) is 7.36. The largest absolute Gasteiger partial charge is 0.339 e. The number of hydrogen-bond acceptors (Lipinski definition) is 2. The Hall–Kier alpha value is -1.35. The maximum Gasteiger partial charge on any atom is 0.254 e. The number of rotatable bonds is 1. The van der Waals surface area contributed by atoms with E-state index in [1.165, 1.54) is 11.1 Å². The second-order valence-electron chi connectivity index (χ2n) is 5.84. The Labute approximate surface area is 115 Å². The molecule has 102 valence electrons. The minimum Gasteiger partial charge on any atom is -0.339 e. The highest BCUT2D eigenvalue weighted by Crippen LogP contribution is 2.23. The van der Waals surface area contributed by atoms with Crippen molar-refractivity contribution in [2.75, 3.05) is 19.6 Å². The van der Waals surface area contributed by atoms with Crippen LogP contribution in [0, 0.1) is 5.92 Å². The fourth-order valence-electron chi connectivity index (χ4n) is 3.11. The van der Waals surface area contributed by atoms with Crippen LogP contribution in [0.5, 0.6) is 0 Å². The molecule has 1 N–H and O–H groups in total. The normalized spacial score (nSPS) is 20.2. The molecule has 2 aliphatic heterocycles. The number of hydrogen-bond donors (Lipinski definition) is 1. The van der Waals surface area contributed by atoms with Gasteiger partial charge in [0.2, 0.25) is 0 Å². The van der Waals surface area contributed by atoms with Crippen molar-refractivity contribution in [3.8, 4) is 0 Å². The summed E-state index contributed by atoms with van der Waals surface area (Å²) in [5.41, 5.74) is 3.50. The van der Waals surface area contributed by atoms with Gasteiger partial charge in [-0.2, -0.15) is 0 Å². The van der Waals surface area contributed by atoms with Gasteiger partial charge in [-0.1, -0.05) is 19.1 Å². The van der Waals surface area contributed by atoms with Gasteiger partial charge in [-0.15, -0.1) is 0 Å². The van der Waals surface area contributed by atoms with E-state index in [9.17, 15) is 4.79 Å². The predicted molar refractivity (Wildman–Crippen MR) is 76.2 cm³/mol. The lowest BCUT2D eigenvalue weighted by Gasteiger charge is -2.31. The Kier molecular flexibility index (Phi) is 3.56. The zero-order chi connectivity index (χ0) is 13.2. The standard InChI is InChI=1S/C16H22N2O/c1-12-6-9-18(10-7-12)16(19)15-4-2-3-13-11-17-8-5-14(13)15/h2-4,12,17H,5-11H2,1H3. The molecule has 0 unspecified atom stereocenters. The molecule has 1 aromatic carbocycles. The first-order chi connectivity index (χ1) is 9.25. The fourth-order valence-corrected chi connectivity index (χ4v) is 3.11. The van der Waals surface area contributed by atoms with Crippen LogP contribution < -0.4 is 5.32 Å². The van der Waals surface area contributed by atoms with Gasteiger partial charge in [-0.05, 0) is 48.9 Å². The van der Waals surface area contributed by atoms with Gasteiger partial charge in [-0.3, -0.25) is 4.79 Å². The van der Waals surface area contributed by atoms with Crippen molar-refractivity contribution >= 4 is 5.91 Å². The summed E-state index contributed by atoms with van der Waals surface area (Å²) in [7, 11) is 0. The molecule has 2 aliphatic rings. The van der Waals surface area contributed by atoms with Gasteiger partial charge in [0.15, 0.2) is 0 Å². The molecule has 0 radical (unpaired) electrons. The van der Waals surface area contributed by atoms with Gasteiger partial charge in [0.05, 0.1) is 0 Å². The topological polar surface area (TPSA) is 32.3 Å². The van der Waals surface area contributed by atoms with E-state index in [1.54, 1.807) is 0 Å². The van der Waals surface area contributed by atoms with Crippen LogP contribution in [0.1, 0.15) is 41.3 Å². The van der Waals surface area contributed by atoms with E-state index >= 15 is 0 Å². The van der Waals surface area contributed by atoms with E-state index in [2.05, 4.69) is 18.3 Å². The van der Waals surface area contributed by atoms with Crippen molar-refractivity contribution in [3.05, 3.63) is 34.9 Å². The van der Waals surface area contributed by atoms with Gasteiger partial charge in [0.25, 0.3) is 5.91 Å². The molecule has 1 saturated heterocycles. The summed E-state index contributed by atoms with van der Waals surface area (Å²) >= 11 is 0. The number of likely N-dealkylation sites (tertiary alicyclic amines) is 1. The molecule has 1 fully saturated rings. The molecule has 0 bridgehead atoms. The molecule has 1 amide bonds. The minimum atomic E-state index is 0.241.